The van der Waals surface area contributed by atoms with Crippen molar-refractivity contribution in [3.8, 4) is 0 Å². The maximum atomic E-state index is 14.2. The molecule has 0 aromatic heterocycles. The first-order valence-corrected chi connectivity index (χ1v) is 15.2. The molecule has 1 aliphatic rings. The van der Waals surface area contributed by atoms with Crippen molar-refractivity contribution in [3.63, 3.8) is 0 Å². The third kappa shape index (κ3) is 7.50. The first kappa shape index (κ1) is 30.5. The number of hydrogen-bond acceptors (Lipinski definition) is 4. The zero-order valence-corrected chi connectivity index (χ0v) is 24.8. The van der Waals surface area contributed by atoms with E-state index in [0.717, 1.165) is 59.6 Å². The van der Waals surface area contributed by atoms with E-state index < -0.39 is 12.0 Å². The largest absolute Gasteiger partial charge is 0.384 e. The molecular weight excluding hydrogens is 548 g/mol. The molecule has 8 N–H and O–H groups in total. The highest BCUT2D eigenvalue weighted by Gasteiger charge is 2.33. The molecule has 226 valence electrons. The summed E-state index contributed by atoms with van der Waals surface area (Å²) >= 11 is 0. The molecule has 1 fully saturated rings. The van der Waals surface area contributed by atoms with Crippen LogP contribution in [0.3, 0.4) is 0 Å². The van der Waals surface area contributed by atoms with Gasteiger partial charge in [-0.25, -0.2) is 0 Å². The molecule has 1 aliphatic carbocycles. The molecular formula is C36H40N6O2. The average Bonchev–Trinajstić information content (AvgIpc) is 3.05. The molecule has 0 saturated heterocycles. The summed E-state index contributed by atoms with van der Waals surface area (Å²) in [4.78, 5) is 27.9. The molecule has 5 rings (SSSR count). The summed E-state index contributed by atoms with van der Waals surface area (Å²) in [5, 5.41) is 23.7. The van der Waals surface area contributed by atoms with E-state index in [4.69, 9.17) is 22.3 Å². The molecule has 8 nitrogen and oxygen atoms in total. The number of nitrogens with one attached hydrogen (secondary N) is 4. The van der Waals surface area contributed by atoms with E-state index in [0.29, 0.717) is 24.1 Å². The predicted octanol–water partition coefficient (Wildman–Crippen LogP) is 5.12. The lowest BCUT2D eigenvalue weighted by molar-refractivity contribution is -0.131. The number of carbonyl (C=O) groups is 2. The molecule has 2 amide bonds. The summed E-state index contributed by atoms with van der Waals surface area (Å²) < 4.78 is 0. The average molecular weight is 589 g/mol. The number of amidine groups is 2. The van der Waals surface area contributed by atoms with Crippen LogP contribution in [0.4, 0.5) is 0 Å². The Morgan fingerprint density at radius 2 is 1.32 bits per heavy atom. The highest BCUT2D eigenvalue weighted by molar-refractivity contribution is 5.96. The van der Waals surface area contributed by atoms with Gasteiger partial charge in [0.2, 0.25) is 11.8 Å². The fourth-order valence-corrected chi connectivity index (χ4v) is 6.06. The van der Waals surface area contributed by atoms with Crippen LogP contribution >= 0.6 is 0 Å². The third-order valence-electron chi connectivity index (χ3n) is 8.63. The predicted molar refractivity (Wildman–Crippen MR) is 176 cm³/mol. The van der Waals surface area contributed by atoms with Gasteiger partial charge in [-0.3, -0.25) is 20.4 Å². The van der Waals surface area contributed by atoms with Gasteiger partial charge in [-0.15, -0.1) is 0 Å². The van der Waals surface area contributed by atoms with Crippen LogP contribution in [-0.4, -0.2) is 29.5 Å². The van der Waals surface area contributed by atoms with Crippen molar-refractivity contribution in [2.24, 2.45) is 17.4 Å². The zero-order valence-electron chi connectivity index (χ0n) is 24.8. The van der Waals surface area contributed by atoms with Gasteiger partial charge >= 0.3 is 0 Å². The summed E-state index contributed by atoms with van der Waals surface area (Å²) in [6.07, 6.45) is 5.42. The molecule has 0 heterocycles. The van der Waals surface area contributed by atoms with Crippen LogP contribution in [0.1, 0.15) is 65.8 Å². The molecule has 4 aromatic rings. The van der Waals surface area contributed by atoms with Crippen LogP contribution in [0, 0.1) is 16.7 Å². The van der Waals surface area contributed by atoms with Crippen LogP contribution < -0.4 is 22.1 Å². The number of nitrogen functional groups attached to an aromatic ring is 2. The maximum absolute atomic E-state index is 14.2. The minimum Gasteiger partial charge on any atom is -0.384 e. The topological polar surface area (TPSA) is 158 Å². The van der Waals surface area contributed by atoms with Gasteiger partial charge in [-0.1, -0.05) is 110 Å². The SMILES string of the molecule is N=C(N)c1ccc(CNC(=O)[C@@H](NC(=O)C(Cc2ccc(C(=N)N)cc2)c2ccc3ccccc3c2)C2CCCCC2)cc1. The Labute approximate surface area is 258 Å². The molecule has 0 bridgehead atoms. The Morgan fingerprint density at radius 3 is 1.93 bits per heavy atom. The summed E-state index contributed by atoms with van der Waals surface area (Å²) in [6, 6.07) is 28.1. The second-order valence-electron chi connectivity index (χ2n) is 11.7. The van der Waals surface area contributed by atoms with E-state index >= 15 is 0 Å². The Hall–Kier alpha value is -4.98. The molecule has 2 atom stereocenters. The molecule has 0 radical (unpaired) electrons. The van der Waals surface area contributed by atoms with E-state index in [2.05, 4.69) is 16.7 Å². The van der Waals surface area contributed by atoms with Gasteiger partial charge in [-0.05, 0) is 52.6 Å². The van der Waals surface area contributed by atoms with E-state index in [1.807, 2.05) is 60.7 Å². The molecule has 44 heavy (non-hydrogen) atoms. The van der Waals surface area contributed by atoms with Crippen molar-refractivity contribution < 1.29 is 9.59 Å². The van der Waals surface area contributed by atoms with E-state index in [1.54, 1.807) is 24.3 Å². The zero-order chi connectivity index (χ0) is 31.1. The van der Waals surface area contributed by atoms with E-state index in [1.165, 1.54) is 0 Å². The minimum atomic E-state index is -0.651. The second-order valence-corrected chi connectivity index (χ2v) is 11.7. The fourth-order valence-electron chi connectivity index (χ4n) is 6.06. The number of hydrogen-bond donors (Lipinski definition) is 6. The summed E-state index contributed by atoms with van der Waals surface area (Å²) in [7, 11) is 0. The lowest BCUT2D eigenvalue weighted by Crippen LogP contribution is -2.52. The van der Waals surface area contributed by atoms with Crippen molar-refractivity contribution in [2.45, 2.75) is 57.0 Å². The Morgan fingerprint density at radius 1 is 0.727 bits per heavy atom. The van der Waals surface area contributed by atoms with Crippen LogP contribution in [0.15, 0.2) is 91.0 Å². The Kier molecular flexibility index (Phi) is 9.69. The quantitative estimate of drug-likeness (QED) is 0.106. The van der Waals surface area contributed by atoms with Gasteiger partial charge < -0.3 is 22.1 Å². The first-order chi connectivity index (χ1) is 21.3. The molecule has 0 spiro atoms. The van der Waals surface area contributed by atoms with Gasteiger partial charge in [-0.2, -0.15) is 0 Å². The lowest BCUT2D eigenvalue weighted by Gasteiger charge is -2.31. The monoisotopic (exact) mass is 588 g/mol. The van der Waals surface area contributed by atoms with Crippen LogP contribution in [0.25, 0.3) is 10.8 Å². The number of carbonyl (C=O) groups excluding carboxylic acids is 2. The second kappa shape index (κ2) is 14.0. The van der Waals surface area contributed by atoms with Crippen molar-refractivity contribution in [3.05, 3.63) is 119 Å². The number of rotatable bonds is 11. The molecule has 8 heteroatoms. The van der Waals surface area contributed by atoms with Crippen LogP contribution in [0.2, 0.25) is 0 Å². The number of nitrogens with two attached hydrogens (primary N) is 2. The maximum Gasteiger partial charge on any atom is 0.243 e. The van der Waals surface area contributed by atoms with Gasteiger partial charge in [0.05, 0.1) is 5.92 Å². The summed E-state index contributed by atoms with van der Waals surface area (Å²) in [6.45, 7) is 0.312. The summed E-state index contributed by atoms with van der Waals surface area (Å²) in [5.41, 5.74) is 15.2. The van der Waals surface area contributed by atoms with Crippen molar-refractivity contribution >= 4 is 34.3 Å². The van der Waals surface area contributed by atoms with Crippen molar-refractivity contribution in [1.29, 1.82) is 10.8 Å². The highest BCUT2D eigenvalue weighted by Crippen LogP contribution is 2.29. The first-order valence-electron chi connectivity index (χ1n) is 15.2. The molecule has 1 unspecified atom stereocenters. The fraction of sp³-hybridized carbons (Fsp3) is 0.278. The number of fused-ring (bicyclic) bond motifs is 1. The summed E-state index contributed by atoms with van der Waals surface area (Å²) in [5.74, 6) is -0.856. The van der Waals surface area contributed by atoms with E-state index in [-0.39, 0.29) is 29.4 Å². The standard InChI is InChI=1S/C36H40N6O2/c37-33(38)27-14-10-23(11-15-27)20-31(30-19-18-25-6-4-5-9-29(25)21-30)35(43)42-32(26-7-2-1-3-8-26)36(44)41-22-24-12-16-28(17-13-24)34(39)40/h4-6,9-19,21,26,31-32H,1-3,7-8,20,22H2,(H3,37,38)(H3,39,40)(H,41,44)(H,42,43)/t31?,32-/m0/s1. The lowest BCUT2D eigenvalue weighted by atomic mass is 9.82. The van der Waals surface area contributed by atoms with Crippen molar-refractivity contribution in [2.75, 3.05) is 0 Å². The third-order valence-corrected chi connectivity index (χ3v) is 8.63. The Bertz CT molecular complexity index is 1640. The van der Waals surface area contributed by atoms with Gasteiger partial charge in [0, 0.05) is 17.7 Å². The van der Waals surface area contributed by atoms with Crippen LogP contribution in [-0.2, 0) is 22.6 Å². The minimum absolute atomic E-state index is 0.00324. The number of amides is 2. The van der Waals surface area contributed by atoms with E-state index in [9.17, 15) is 9.59 Å². The highest BCUT2D eigenvalue weighted by atomic mass is 16.2. The van der Waals surface area contributed by atoms with Gasteiger partial charge in [0.25, 0.3) is 0 Å². The van der Waals surface area contributed by atoms with Gasteiger partial charge in [0.1, 0.15) is 17.7 Å². The molecule has 4 aromatic carbocycles. The number of benzene rings is 4. The molecule has 0 aliphatic heterocycles. The van der Waals surface area contributed by atoms with Crippen molar-refractivity contribution in [1.82, 2.24) is 10.6 Å². The van der Waals surface area contributed by atoms with Gasteiger partial charge in [0.15, 0.2) is 0 Å². The molecule has 1 saturated carbocycles. The van der Waals surface area contributed by atoms with Crippen LogP contribution in [0.5, 0.6) is 0 Å². The smallest absolute Gasteiger partial charge is 0.243 e. The normalized spacial score (nSPS) is 14.8. The Balaban J connectivity index is 1.39.